The van der Waals surface area contributed by atoms with E-state index >= 15 is 0 Å². The van der Waals surface area contributed by atoms with Crippen LogP contribution in [-0.4, -0.2) is 10.2 Å². The Kier molecular flexibility index (Phi) is 4.03. The highest BCUT2D eigenvalue weighted by atomic mass is 35.5. The van der Waals surface area contributed by atoms with Crippen LogP contribution in [-0.2, 0) is 0 Å². The number of nitrogens with zero attached hydrogens (tertiary/aromatic N) is 2. The molecule has 6 heteroatoms. The van der Waals surface area contributed by atoms with Crippen molar-refractivity contribution in [3.05, 3.63) is 70.1 Å². The Morgan fingerprint density at radius 3 is 2.68 bits per heavy atom. The third-order valence-corrected chi connectivity index (χ3v) is 4.99. The fourth-order valence-corrected chi connectivity index (χ4v) is 3.60. The molecule has 0 aliphatic heterocycles. The number of aromatic nitrogens is 1. The van der Waals surface area contributed by atoms with Gasteiger partial charge in [-0.2, -0.15) is 0 Å². The second kappa shape index (κ2) is 6.35. The van der Waals surface area contributed by atoms with Crippen molar-refractivity contribution in [3.8, 4) is 21.8 Å². The van der Waals surface area contributed by atoms with Gasteiger partial charge in [0.2, 0.25) is 0 Å². The minimum absolute atomic E-state index is 0.125. The van der Waals surface area contributed by atoms with Crippen LogP contribution in [0.5, 0.6) is 0 Å². The molecule has 0 bridgehead atoms. The van der Waals surface area contributed by atoms with Gasteiger partial charge in [0.05, 0.1) is 11.3 Å². The molecule has 2 aromatic carbocycles. The highest BCUT2D eigenvalue weighted by Crippen LogP contribution is 2.29. The molecule has 0 saturated carbocycles. The quantitative estimate of drug-likeness (QED) is 0.376. The van der Waals surface area contributed by atoms with Gasteiger partial charge in [0.1, 0.15) is 10.6 Å². The minimum Gasteiger partial charge on any atom is -0.435 e. The van der Waals surface area contributed by atoms with E-state index in [1.807, 2.05) is 30.5 Å². The Bertz CT molecular complexity index is 1130. The second-order valence-corrected chi connectivity index (χ2v) is 6.95. The van der Waals surface area contributed by atoms with Crippen LogP contribution in [0.1, 0.15) is 5.56 Å². The summed E-state index contributed by atoms with van der Waals surface area (Å²) in [6, 6.07) is 15.3. The second-order valence-electron chi connectivity index (χ2n) is 5.65. The zero-order valence-electron chi connectivity index (χ0n) is 13.2. The minimum atomic E-state index is 0.125. The van der Waals surface area contributed by atoms with E-state index in [1.54, 1.807) is 18.2 Å². The van der Waals surface area contributed by atoms with Crippen LogP contribution in [0.15, 0.2) is 63.5 Å². The summed E-state index contributed by atoms with van der Waals surface area (Å²) in [6.45, 7) is 2.05. The number of rotatable bonds is 2. The highest BCUT2D eigenvalue weighted by molar-refractivity contribution is 7.13. The summed E-state index contributed by atoms with van der Waals surface area (Å²) in [5.74, 6) is 0. The van der Waals surface area contributed by atoms with Crippen LogP contribution in [0.3, 0.4) is 0 Å². The van der Waals surface area contributed by atoms with Crippen LogP contribution >= 0.6 is 22.9 Å². The van der Waals surface area contributed by atoms with E-state index in [0.717, 1.165) is 16.6 Å². The van der Waals surface area contributed by atoms with Crippen molar-refractivity contribution in [2.75, 3.05) is 0 Å². The Balaban J connectivity index is 1.85. The monoisotopic (exact) mass is 368 g/mol. The van der Waals surface area contributed by atoms with E-state index in [1.165, 1.54) is 16.9 Å². The van der Waals surface area contributed by atoms with Crippen LogP contribution in [0.4, 0.5) is 0 Å². The maximum absolute atomic E-state index is 9.33. The first-order valence-corrected chi connectivity index (χ1v) is 8.84. The number of fused-ring (bicyclic) bond motifs is 1. The van der Waals surface area contributed by atoms with E-state index in [-0.39, 0.29) is 5.55 Å². The summed E-state index contributed by atoms with van der Waals surface area (Å²) in [6.07, 6.45) is 0. The number of aryl methyl sites for hydroxylation is 1. The molecule has 4 aromatic rings. The SMILES string of the molecule is Cc1ccc(-c2csc(-c3cc4cc(Cl)ccc4oc3=NO)n2)cc1. The summed E-state index contributed by atoms with van der Waals surface area (Å²) in [7, 11) is 0. The maximum atomic E-state index is 9.33. The summed E-state index contributed by atoms with van der Waals surface area (Å²) in [5.41, 5.74) is 4.45. The predicted octanol–water partition coefficient (Wildman–Crippen LogP) is 5.48. The lowest BCUT2D eigenvalue weighted by Gasteiger charge is -2.02. The molecule has 0 atom stereocenters. The van der Waals surface area contributed by atoms with E-state index < -0.39 is 0 Å². The summed E-state index contributed by atoms with van der Waals surface area (Å²) in [4.78, 5) is 4.67. The summed E-state index contributed by atoms with van der Waals surface area (Å²) < 4.78 is 5.67. The first kappa shape index (κ1) is 15.9. The number of benzene rings is 2. The largest absolute Gasteiger partial charge is 0.435 e. The molecule has 0 radical (unpaired) electrons. The molecule has 0 saturated heterocycles. The van der Waals surface area contributed by atoms with Gasteiger partial charge in [0, 0.05) is 21.4 Å². The van der Waals surface area contributed by atoms with Gasteiger partial charge in [-0.15, -0.1) is 11.3 Å². The fraction of sp³-hybridized carbons (Fsp3) is 0.0526. The molecular formula is C19H13ClN2O2S. The van der Waals surface area contributed by atoms with E-state index in [4.69, 9.17) is 16.0 Å². The number of thiazole rings is 1. The molecular weight excluding hydrogens is 356 g/mol. The molecule has 2 heterocycles. The van der Waals surface area contributed by atoms with Gasteiger partial charge in [-0.05, 0) is 36.3 Å². The zero-order valence-corrected chi connectivity index (χ0v) is 14.8. The smallest absolute Gasteiger partial charge is 0.265 e. The van der Waals surface area contributed by atoms with Gasteiger partial charge in [-0.1, -0.05) is 41.4 Å². The molecule has 2 aromatic heterocycles. The van der Waals surface area contributed by atoms with Crippen molar-refractivity contribution in [2.24, 2.45) is 5.16 Å². The third kappa shape index (κ3) is 3.04. The highest BCUT2D eigenvalue weighted by Gasteiger charge is 2.12. The molecule has 0 fully saturated rings. The predicted molar refractivity (Wildman–Crippen MR) is 99.9 cm³/mol. The standard InChI is InChI=1S/C19H13ClN2O2S/c1-11-2-4-12(5-3-11)16-10-25-19(21-16)15-9-13-8-14(20)6-7-17(13)24-18(15)22-23/h2-10,23H,1H3. The van der Waals surface area contributed by atoms with Crippen molar-refractivity contribution in [1.82, 2.24) is 4.98 Å². The number of hydrogen-bond donors (Lipinski definition) is 1. The Hall–Kier alpha value is -2.63. The van der Waals surface area contributed by atoms with Crippen molar-refractivity contribution in [1.29, 1.82) is 0 Å². The van der Waals surface area contributed by atoms with Gasteiger partial charge in [0.15, 0.2) is 0 Å². The Labute approximate surface area is 152 Å². The zero-order chi connectivity index (χ0) is 17.4. The average Bonchev–Trinajstić information content (AvgIpc) is 3.11. The van der Waals surface area contributed by atoms with Gasteiger partial charge in [0.25, 0.3) is 5.55 Å². The molecule has 0 aliphatic carbocycles. The fourth-order valence-electron chi connectivity index (χ4n) is 2.58. The van der Waals surface area contributed by atoms with Crippen molar-refractivity contribution < 1.29 is 9.62 Å². The van der Waals surface area contributed by atoms with E-state index in [0.29, 0.717) is 21.2 Å². The van der Waals surface area contributed by atoms with E-state index in [2.05, 4.69) is 22.3 Å². The third-order valence-electron chi connectivity index (χ3n) is 3.88. The first-order valence-electron chi connectivity index (χ1n) is 7.58. The molecule has 25 heavy (non-hydrogen) atoms. The molecule has 0 unspecified atom stereocenters. The lowest BCUT2D eigenvalue weighted by atomic mass is 10.1. The van der Waals surface area contributed by atoms with Gasteiger partial charge in [-0.3, -0.25) is 0 Å². The molecule has 4 nitrogen and oxygen atoms in total. The van der Waals surface area contributed by atoms with Crippen LogP contribution in [0.25, 0.3) is 32.8 Å². The van der Waals surface area contributed by atoms with Gasteiger partial charge in [-0.25, -0.2) is 4.98 Å². The van der Waals surface area contributed by atoms with Gasteiger partial charge < -0.3 is 9.62 Å². The van der Waals surface area contributed by atoms with Crippen LogP contribution in [0.2, 0.25) is 5.02 Å². The van der Waals surface area contributed by atoms with Crippen molar-refractivity contribution in [2.45, 2.75) is 6.92 Å². The van der Waals surface area contributed by atoms with Crippen LogP contribution < -0.4 is 5.55 Å². The Morgan fingerprint density at radius 2 is 1.92 bits per heavy atom. The lowest BCUT2D eigenvalue weighted by molar-refractivity contribution is 0.277. The van der Waals surface area contributed by atoms with E-state index in [9.17, 15) is 5.21 Å². The normalized spacial score (nSPS) is 12.0. The van der Waals surface area contributed by atoms with Crippen LogP contribution in [0, 0.1) is 6.92 Å². The van der Waals surface area contributed by atoms with Gasteiger partial charge >= 0.3 is 0 Å². The number of halogens is 1. The molecule has 0 amide bonds. The summed E-state index contributed by atoms with van der Waals surface area (Å²) in [5, 5.41) is 16.7. The maximum Gasteiger partial charge on any atom is 0.265 e. The molecule has 4 rings (SSSR count). The average molecular weight is 369 g/mol. The Morgan fingerprint density at radius 1 is 1.12 bits per heavy atom. The molecule has 1 N–H and O–H groups in total. The molecule has 124 valence electrons. The molecule has 0 aliphatic rings. The molecule has 0 spiro atoms. The van der Waals surface area contributed by atoms with Crippen molar-refractivity contribution >= 4 is 33.9 Å². The number of hydrogen-bond acceptors (Lipinski definition) is 5. The first-order chi connectivity index (χ1) is 12.1. The van der Waals surface area contributed by atoms with Crippen molar-refractivity contribution in [3.63, 3.8) is 0 Å². The topological polar surface area (TPSA) is 58.6 Å². The lowest BCUT2D eigenvalue weighted by Crippen LogP contribution is -2.05. The summed E-state index contributed by atoms with van der Waals surface area (Å²) >= 11 is 7.53.